The number of carbonyl (C=O) groups is 1. The van der Waals surface area contributed by atoms with Crippen molar-refractivity contribution >= 4 is 5.91 Å². The molecule has 6 nitrogen and oxygen atoms in total. The lowest BCUT2D eigenvalue weighted by molar-refractivity contribution is -0.130. The molecule has 2 rings (SSSR count). The lowest BCUT2D eigenvalue weighted by atomic mass is 9.85. The van der Waals surface area contributed by atoms with Gasteiger partial charge in [0, 0.05) is 24.3 Å². The van der Waals surface area contributed by atoms with E-state index < -0.39 is 5.41 Å². The molecule has 6 heteroatoms. The Bertz CT molecular complexity index is 365. The molecule has 0 aliphatic carbocycles. The van der Waals surface area contributed by atoms with Gasteiger partial charge >= 0.3 is 0 Å². The fraction of sp³-hybridized carbons (Fsp3) is 0.600. The van der Waals surface area contributed by atoms with Crippen LogP contribution in [0.15, 0.2) is 12.4 Å². The molecule has 2 heterocycles. The monoisotopic (exact) mass is 224 g/mol. The first-order valence-corrected chi connectivity index (χ1v) is 5.22. The highest BCUT2D eigenvalue weighted by molar-refractivity contribution is 5.83. The second-order valence-corrected chi connectivity index (χ2v) is 4.33. The van der Waals surface area contributed by atoms with Crippen LogP contribution in [0, 0.1) is 5.41 Å². The Kier molecular flexibility index (Phi) is 2.93. The largest absolute Gasteiger partial charge is 0.379 e. The van der Waals surface area contributed by atoms with Crippen molar-refractivity contribution in [3.8, 4) is 0 Å². The molecule has 0 radical (unpaired) electrons. The first kappa shape index (κ1) is 11.1. The molecule has 4 N–H and O–H groups in total. The van der Waals surface area contributed by atoms with Crippen LogP contribution in [0.4, 0.5) is 0 Å². The van der Waals surface area contributed by atoms with E-state index in [2.05, 4.69) is 15.5 Å². The highest BCUT2D eigenvalue weighted by atomic mass is 16.5. The van der Waals surface area contributed by atoms with Gasteiger partial charge in [0.2, 0.25) is 5.91 Å². The Balaban J connectivity index is 1.93. The zero-order valence-corrected chi connectivity index (χ0v) is 9.19. The van der Waals surface area contributed by atoms with Crippen LogP contribution in [0.2, 0.25) is 0 Å². The number of aromatic amines is 1. The van der Waals surface area contributed by atoms with E-state index in [0.717, 1.165) is 5.56 Å². The summed E-state index contributed by atoms with van der Waals surface area (Å²) in [5.74, 6) is -0.0706. The van der Waals surface area contributed by atoms with E-state index in [-0.39, 0.29) is 11.9 Å². The summed E-state index contributed by atoms with van der Waals surface area (Å²) >= 11 is 0. The van der Waals surface area contributed by atoms with E-state index in [1.54, 1.807) is 12.4 Å². The molecule has 0 aromatic carbocycles. The Morgan fingerprint density at radius 3 is 3.25 bits per heavy atom. The molecule has 1 amide bonds. The number of nitrogens with zero attached hydrogens (tertiary/aromatic N) is 1. The minimum atomic E-state index is -0.621. The van der Waals surface area contributed by atoms with Crippen molar-refractivity contribution < 1.29 is 9.53 Å². The molecule has 1 aliphatic heterocycles. The average Bonchev–Trinajstić information content (AvgIpc) is 2.87. The first-order chi connectivity index (χ1) is 7.63. The number of ether oxygens (including phenoxy) is 1. The SMILES string of the molecule is CC1(C(=O)NCc2cn[nH]c2)COCC1N. The molecular formula is C10H16N4O2. The van der Waals surface area contributed by atoms with Crippen LogP contribution in [0.5, 0.6) is 0 Å². The van der Waals surface area contributed by atoms with Gasteiger partial charge in [-0.2, -0.15) is 5.10 Å². The molecule has 2 unspecified atom stereocenters. The van der Waals surface area contributed by atoms with E-state index in [1.807, 2.05) is 6.92 Å². The Labute approximate surface area is 93.5 Å². The summed E-state index contributed by atoms with van der Waals surface area (Å²) < 4.78 is 5.23. The third-order valence-electron chi connectivity index (χ3n) is 3.04. The van der Waals surface area contributed by atoms with E-state index >= 15 is 0 Å². The molecule has 1 fully saturated rings. The number of aromatic nitrogens is 2. The lowest BCUT2D eigenvalue weighted by Gasteiger charge is -2.25. The molecule has 16 heavy (non-hydrogen) atoms. The molecule has 1 aliphatic rings. The van der Waals surface area contributed by atoms with Gasteiger partial charge in [0.25, 0.3) is 0 Å². The molecular weight excluding hydrogens is 208 g/mol. The zero-order chi connectivity index (χ0) is 11.6. The van der Waals surface area contributed by atoms with E-state index in [1.165, 1.54) is 0 Å². The number of H-pyrrole nitrogens is 1. The van der Waals surface area contributed by atoms with Crippen LogP contribution in [0.1, 0.15) is 12.5 Å². The molecule has 1 aromatic rings. The van der Waals surface area contributed by atoms with Crippen molar-refractivity contribution in [2.45, 2.75) is 19.5 Å². The maximum atomic E-state index is 12.0. The van der Waals surface area contributed by atoms with Crippen molar-refractivity contribution in [3.05, 3.63) is 18.0 Å². The Morgan fingerprint density at radius 2 is 2.69 bits per heavy atom. The standard InChI is InChI=1S/C10H16N4O2/c1-10(6-16-5-8(10)11)9(15)12-2-7-3-13-14-4-7/h3-4,8H,2,5-6,11H2,1H3,(H,12,15)(H,13,14). The predicted octanol–water partition coefficient (Wildman–Crippen LogP) is -0.610. The van der Waals surface area contributed by atoms with Gasteiger partial charge in [-0.3, -0.25) is 9.89 Å². The smallest absolute Gasteiger partial charge is 0.230 e. The fourth-order valence-corrected chi connectivity index (χ4v) is 1.68. The van der Waals surface area contributed by atoms with Gasteiger partial charge in [0.1, 0.15) is 0 Å². The second kappa shape index (κ2) is 4.23. The third kappa shape index (κ3) is 1.94. The predicted molar refractivity (Wildman–Crippen MR) is 57.3 cm³/mol. The quantitative estimate of drug-likeness (QED) is 0.638. The van der Waals surface area contributed by atoms with Gasteiger partial charge < -0.3 is 15.8 Å². The van der Waals surface area contributed by atoms with E-state index in [4.69, 9.17) is 10.5 Å². The summed E-state index contributed by atoms with van der Waals surface area (Å²) in [6.07, 6.45) is 3.42. The third-order valence-corrected chi connectivity index (χ3v) is 3.04. The summed E-state index contributed by atoms with van der Waals surface area (Å²) in [4.78, 5) is 12.0. The van der Waals surface area contributed by atoms with Gasteiger partial charge in [-0.25, -0.2) is 0 Å². The van der Waals surface area contributed by atoms with Gasteiger partial charge in [0.15, 0.2) is 0 Å². The number of nitrogens with two attached hydrogens (primary N) is 1. The summed E-state index contributed by atoms with van der Waals surface area (Å²) in [6.45, 7) is 3.11. The maximum absolute atomic E-state index is 12.0. The second-order valence-electron chi connectivity index (χ2n) is 4.33. The lowest BCUT2D eigenvalue weighted by Crippen LogP contribution is -2.49. The van der Waals surface area contributed by atoms with Crippen molar-refractivity contribution in [1.29, 1.82) is 0 Å². The summed E-state index contributed by atoms with van der Waals surface area (Å²) in [7, 11) is 0. The maximum Gasteiger partial charge on any atom is 0.230 e. The van der Waals surface area contributed by atoms with Crippen molar-refractivity contribution in [2.24, 2.45) is 11.1 Å². The minimum absolute atomic E-state index is 0.0706. The number of rotatable bonds is 3. The molecule has 1 saturated heterocycles. The summed E-state index contributed by atoms with van der Waals surface area (Å²) in [6, 6.07) is -0.239. The molecule has 0 bridgehead atoms. The summed E-state index contributed by atoms with van der Waals surface area (Å²) in [5, 5.41) is 9.33. The zero-order valence-electron chi connectivity index (χ0n) is 9.19. The van der Waals surface area contributed by atoms with Crippen LogP contribution < -0.4 is 11.1 Å². The van der Waals surface area contributed by atoms with Gasteiger partial charge in [-0.1, -0.05) is 0 Å². The van der Waals surface area contributed by atoms with Crippen LogP contribution in [0.25, 0.3) is 0 Å². The van der Waals surface area contributed by atoms with Crippen LogP contribution in [0.3, 0.4) is 0 Å². The number of nitrogens with one attached hydrogen (secondary N) is 2. The van der Waals surface area contributed by atoms with Crippen molar-refractivity contribution in [2.75, 3.05) is 13.2 Å². The fourth-order valence-electron chi connectivity index (χ4n) is 1.68. The summed E-state index contributed by atoms with van der Waals surface area (Å²) in [5.41, 5.74) is 6.17. The highest BCUT2D eigenvalue weighted by Gasteiger charge is 2.44. The number of carbonyl (C=O) groups excluding carboxylic acids is 1. The number of hydrogen-bond acceptors (Lipinski definition) is 4. The number of amides is 1. The highest BCUT2D eigenvalue weighted by Crippen LogP contribution is 2.27. The first-order valence-electron chi connectivity index (χ1n) is 5.22. The van der Waals surface area contributed by atoms with E-state index in [0.29, 0.717) is 19.8 Å². The van der Waals surface area contributed by atoms with Crippen molar-refractivity contribution in [3.63, 3.8) is 0 Å². The van der Waals surface area contributed by atoms with Crippen LogP contribution in [-0.2, 0) is 16.1 Å². The topological polar surface area (TPSA) is 93.0 Å². The average molecular weight is 224 g/mol. The van der Waals surface area contributed by atoms with Gasteiger partial charge in [-0.15, -0.1) is 0 Å². The normalized spacial score (nSPS) is 29.2. The molecule has 2 atom stereocenters. The molecule has 88 valence electrons. The Hall–Kier alpha value is -1.40. The molecule has 0 saturated carbocycles. The molecule has 0 spiro atoms. The minimum Gasteiger partial charge on any atom is -0.379 e. The van der Waals surface area contributed by atoms with Gasteiger partial charge in [0.05, 0.1) is 24.8 Å². The van der Waals surface area contributed by atoms with Gasteiger partial charge in [-0.05, 0) is 6.92 Å². The Morgan fingerprint density at radius 1 is 1.88 bits per heavy atom. The van der Waals surface area contributed by atoms with Crippen LogP contribution >= 0.6 is 0 Å². The van der Waals surface area contributed by atoms with Crippen LogP contribution in [-0.4, -0.2) is 35.4 Å². The number of hydrogen-bond donors (Lipinski definition) is 3. The van der Waals surface area contributed by atoms with E-state index in [9.17, 15) is 4.79 Å². The molecule has 1 aromatic heterocycles. The van der Waals surface area contributed by atoms with Crippen molar-refractivity contribution in [1.82, 2.24) is 15.5 Å².